The van der Waals surface area contributed by atoms with E-state index >= 15 is 0 Å². The minimum Gasteiger partial charge on any atom is -0.394 e. The Morgan fingerprint density at radius 1 is 1.25 bits per heavy atom. The van der Waals surface area contributed by atoms with Gasteiger partial charge in [0.25, 0.3) is 5.91 Å². The third-order valence-corrected chi connectivity index (χ3v) is 4.15. The number of amides is 1. The highest BCUT2D eigenvalue weighted by Crippen LogP contribution is 2.29. The summed E-state index contributed by atoms with van der Waals surface area (Å²) in [6, 6.07) is 11.3. The zero-order valence-corrected chi connectivity index (χ0v) is 13.4. The van der Waals surface area contributed by atoms with E-state index in [-0.39, 0.29) is 19.1 Å². The molecule has 2 heterocycles. The molecule has 1 amide bonds. The van der Waals surface area contributed by atoms with Gasteiger partial charge in [0.2, 0.25) is 0 Å². The molecule has 1 aliphatic rings. The number of nitrogens with zero attached hydrogens (tertiary/aromatic N) is 2. The Balaban J connectivity index is 1.68. The van der Waals surface area contributed by atoms with Crippen LogP contribution in [0.4, 0.5) is 5.69 Å². The Morgan fingerprint density at radius 3 is 2.88 bits per heavy atom. The summed E-state index contributed by atoms with van der Waals surface area (Å²) < 4.78 is 0. The molecule has 6 heteroatoms. The van der Waals surface area contributed by atoms with Gasteiger partial charge in [-0.2, -0.15) is 0 Å². The number of fused-ring (bicyclic) bond motifs is 1. The maximum Gasteiger partial charge on any atom is 0.254 e. The fourth-order valence-corrected chi connectivity index (χ4v) is 2.82. The number of nitrogens with one attached hydrogen (secondary N) is 1. The van der Waals surface area contributed by atoms with Crippen LogP contribution in [0.1, 0.15) is 21.6 Å². The summed E-state index contributed by atoms with van der Waals surface area (Å²) in [5.74, 6) is 0.0206. The second kappa shape index (κ2) is 7.42. The average molecular weight is 327 g/mol. The Morgan fingerprint density at radius 2 is 2.12 bits per heavy atom. The molecule has 1 aromatic carbocycles. The molecule has 1 aromatic heterocycles. The van der Waals surface area contributed by atoms with E-state index in [4.69, 9.17) is 5.11 Å². The van der Waals surface area contributed by atoms with E-state index in [1.54, 1.807) is 6.20 Å². The number of aliphatic hydroxyl groups is 2. The summed E-state index contributed by atoms with van der Waals surface area (Å²) in [4.78, 5) is 18.7. The Hall–Kier alpha value is -2.44. The summed E-state index contributed by atoms with van der Waals surface area (Å²) >= 11 is 0. The van der Waals surface area contributed by atoms with E-state index in [0.717, 1.165) is 16.9 Å². The van der Waals surface area contributed by atoms with Crippen molar-refractivity contribution >= 4 is 11.6 Å². The van der Waals surface area contributed by atoms with Crippen LogP contribution in [-0.2, 0) is 13.0 Å². The van der Waals surface area contributed by atoms with Crippen molar-refractivity contribution in [2.75, 3.05) is 25.0 Å². The second-order valence-corrected chi connectivity index (χ2v) is 5.85. The summed E-state index contributed by atoms with van der Waals surface area (Å²) in [6.45, 7) is 1.11. The number of pyridine rings is 1. The van der Waals surface area contributed by atoms with Crippen LogP contribution < -0.4 is 5.32 Å². The van der Waals surface area contributed by atoms with Gasteiger partial charge in [-0.25, -0.2) is 0 Å². The minimum absolute atomic E-state index is 0.0206. The molecule has 24 heavy (non-hydrogen) atoms. The van der Waals surface area contributed by atoms with Gasteiger partial charge in [0.1, 0.15) is 0 Å². The van der Waals surface area contributed by atoms with Crippen LogP contribution in [0.3, 0.4) is 0 Å². The zero-order chi connectivity index (χ0) is 16.9. The topological polar surface area (TPSA) is 85.7 Å². The smallest absolute Gasteiger partial charge is 0.254 e. The van der Waals surface area contributed by atoms with Crippen LogP contribution in [0, 0.1) is 0 Å². The molecule has 0 aliphatic carbocycles. The van der Waals surface area contributed by atoms with Gasteiger partial charge in [0.15, 0.2) is 0 Å². The molecule has 0 saturated heterocycles. The molecule has 1 aliphatic heterocycles. The third-order valence-electron chi connectivity index (χ3n) is 4.15. The molecular formula is C18H21N3O3. The lowest BCUT2D eigenvalue weighted by Gasteiger charge is -2.16. The molecule has 2 aromatic rings. The second-order valence-electron chi connectivity index (χ2n) is 5.85. The summed E-state index contributed by atoms with van der Waals surface area (Å²) in [5, 5.41) is 21.5. The maximum atomic E-state index is 12.6. The average Bonchev–Trinajstić information content (AvgIpc) is 2.95. The molecule has 3 N–H and O–H groups in total. The minimum atomic E-state index is -0.821. The fraction of sp³-hybridized carbons (Fsp3) is 0.333. The van der Waals surface area contributed by atoms with Crippen LogP contribution in [0.15, 0.2) is 42.6 Å². The van der Waals surface area contributed by atoms with E-state index in [1.807, 2.05) is 41.3 Å². The number of carbonyl (C=O) groups excluding carboxylic acids is 1. The molecule has 1 unspecified atom stereocenters. The predicted molar refractivity (Wildman–Crippen MR) is 90.7 cm³/mol. The zero-order valence-electron chi connectivity index (χ0n) is 13.4. The van der Waals surface area contributed by atoms with E-state index in [9.17, 15) is 9.90 Å². The molecule has 126 valence electrons. The third kappa shape index (κ3) is 3.55. The number of aliphatic hydroxyl groups excluding tert-OH is 2. The first-order chi connectivity index (χ1) is 11.7. The molecular weight excluding hydrogens is 306 g/mol. The highest BCUT2D eigenvalue weighted by atomic mass is 16.3. The van der Waals surface area contributed by atoms with Gasteiger partial charge in [0.05, 0.1) is 12.7 Å². The van der Waals surface area contributed by atoms with E-state index in [1.165, 1.54) is 0 Å². The lowest BCUT2D eigenvalue weighted by atomic mass is 10.1. The van der Waals surface area contributed by atoms with Crippen LogP contribution in [-0.4, -0.2) is 51.8 Å². The number of benzene rings is 1. The standard InChI is InChI=1S/C18H21N3O3/c22-12-14(23)10-20-17-6-3-5-15-16(17)11-21(18(15)24)9-7-13-4-1-2-8-19-13/h1-6,8,14,20,22-23H,7,9-12H2. The van der Waals surface area contributed by atoms with Gasteiger partial charge in [-0.3, -0.25) is 9.78 Å². The first-order valence-corrected chi connectivity index (χ1v) is 8.03. The SMILES string of the molecule is O=C1c2cccc(NCC(O)CO)c2CN1CCc1ccccn1. The maximum absolute atomic E-state index is 12.6. The monoisotopic (exact) mass is 327 g/mol. The first kappa shape index (κ1) is 16.4. The molecule has 0 spiro atoms. The fourth-order valence-electron chi connectivity index (χ4n) is 2.82. The van der Waals surface area contributed by atoms with Crippen molar-refractivity contribution < 1.29 is 15.0 Å². The predicted octanol–water partition coefficient (Wildman–Crippen LogP) is 1.05. The molecule has 0 fully saturated rings. The van der Waals surface area contributed by atoms with E-state index in [0.29, 0.717) is 25.1 Å². The van der Waals surface area contributed by atoms with Crippen molar-refractivity contribution in [3.63, 3.8) is 0 Å². The van der Waals surface area contributed by atoms with E-state index < -0.39 is 6.10 Å². The number of anilines is 1. The molecule has 6 nitrogen and oxygen atoms in total. The van der Waals surface area contributed by atoms with Crippen molar-refractivity contribution in [1.82, 2.24) is 9.88 Å². The number of rotatable bonds is 7. The molecule has 0 radical (unpaired) electrons. The van der Waals surface area contributed by atoms with Crippen molar-refractivity contribution in [1.29, 1.82) is 0 Å². The molecule has 1 atom stereocenters. The van der Waals surface area contributed by atoms with Crippen LogP contribution >= 0.6 is 0 Å². The quantitative estimate of drug-likeness (QED) is 0.708. The Labute approximate surface area is 140 Å². The number of hydrogen-bond donors (Lipinski definition) is 3. The largest absolute Gasteiger partial charge is 0.394 e. The van der Waals surface area contributed by atoms with Crippen molar-refractivity contribution in [3.8, 4) is 0 Å². The molecule has 0 saturated carbocycles. The number of hydrogen-bond acceptors (Lipinski definition) is 5. The van der Waals surface area contributed by atoms with Gasteiger partial charge < -0.3 is 20.4 Å². The lowest BCUT2D eigenvalue weighted by Crippen LogP contribution is -2.26. The highest BCUT2D eigenvalue weighted by molar-refractivity contribution is 6.00. The summed E-state index contributed by atoms with van der Waals surface area (Å²) in [6.07, 6.45) is 1.65. The summed E-state index contributed by atoms with van der Waals surface area (Å²) in [7, 11) is 0. The van der Waals surface area contributed by atoms with Crippen molar-refractivity contribution in [2.45, 2.75) is 19.1 Å². The molecule has 0 bridgehead atoms. The van der Waals surface area contributed by atoms with Crippen molar-refractivity contribution in [3.05, 3.63) is 59.4 Å². The van der Waals surface area contributed by atoms with Crippen LogP contribution in [0.2, 0.25) is 0 Å². The van der Waals surface area contributed by atoms with Crippen molar-refractivity contribution in [2.24, 2.45) is 0 Å². The van der Waals surface area contributed by atoms with Gasteiger partial charge in [-0.1, -0.05) is 12.1 Å². The number of aromatic nitrogens is 1. The lowest BCUT2D eigenvalue weighted by molar-refractivity contribution is 0.0780. The molecule has 3 rings (SSSR count). The number of carbonyl (C=O) groups is 1. The normalized spacial score (nSPS) is 14.6. The first-order valence-electron chi connectivity index (χ1n) is 8.03. The Kier molecular flexibility index (Phi) is 5.08. The van der Waals surface area contributed by atoms with Gasteiger partial charge in [0, 0.05) is 54.8 Å². The van der Waals surface area contributed by atoms with Crippen LogP contribution in [0.5, 0.6) is 0 Å². The highest BCUT2D eigenvalue weighted by Gasteiger charge is 2.29. The van der Waals surface area contributed by atoms with Crippen LogP contribution in [0.25, 0.3) is 0 Å². The summed E-state index contributed by atoms with van der Waals surface area (Å²) in [5.41, 5.74) is 3.42. The van der Waals surface area contributed by atoms with Gasteiger partial charge in [-0.15, -0.1) is 0 Å². The Bertz CT molecular complexity index is 706. The van der Waals surface area contributed by atoms with Gasteiger partial charge >= 0.3 is 0 Å². The van der Waals surface area contributed by atoms with E-state index in [2.05, 4.69) is 10.3 Å². The van der Waals surface area contributed by atoms with Gasteiger partial charge in [-0.05, 0) is 24.3 Å².